The third-order valence-electron chi connectivity index (χ3n) is 3.06. The lowest BCUT2D eigenvalue weighted by atomic mass is 9.91. The lowest BCUT2D eigenvalue weighted by Gasteiger charge is -2.24. The molecule has 2 aromatic rings. The molecule has 0 fully saturated rings. The van der Waals surface area contributed by atoms with E-state index in [-0.39, 0.29) is 5.41 Å². The van der Waals surface area contributed by atoms with Gasteiger partial charge in [0.1, 0.15) is 0 Å². The molecule has 4 heteroatoms. The summed E-state index contributed by atoms with van der Waals surface area (Å²) in [5.41, 5.74) is 1.40. The Morgan fingerprint density at radius 3 is 2.82 bits per heavy atom. The lowest BCUT2D eigenvalue weighted by molar-refractivity contribution is 0.432. The third-order valence-corrected chi connectivity index (χ3v) is 4.63. The van der Waals surface area contributed by atoms with Crippen molar-refractivity contribution in [2.45, 2.75) is 39.2 Å². The highest BCUT2D eigenvalue weighted by Gasteiger charge is 2.23. The van der Waals surface area contributed by atoms with Crippen LogP contribution in [0, 0.1) is 4.77 Å². The normalized spacial score (nSPS) is 11.9. The van der Waals surface area contributed by atoms with Crippen molar-refractivity contribution in [3.63, 3.8) is 0 Å². The SMILES string of the molecule is CCc1c[nH]c(=S)n1CC(C)(C)c1cccs1. The largest absolute Gasteiger partial charge is 0.337 e. The minimum Gasteiger partial charge on any atom is -0.337 e. The van der Waals surface area contributed by atoms with Crippen LogP contribution < -0.4 is 0 Å². The molecule has 2 rings (SSSR count). The quantitative estimate of drug-likeness (QED) is 0.825. The molecule has 0 saturated carbocycles. The van der Waals surface area contributed by atoms with Crippen LogP contribution in [0.2, 0.25) is 0 Å². The van der Waals surface area contributed by atoms with Crippen molar-refractivity contribution >= 4 is 23.6 Å². The molecule has 0 aliphatic rings. The summed E-state index contributed by atoms with van der Waals surface area (Å²) < 4.78 is 3.04. The first-order valence-corrected chi connectivity index (χ1v) is 7.14. The van der Waals surface area contributed by atoms with Gasteiger partial charge >= 0.3 is 0 Å². The number of hydrogen-bond acceptors (Lipinski definition) is 2. The van der Waals surface area contributed by atoms with Crippen LogP contribution in [0.1, 0.15) is 31.3 Å². The highest BCUT2D eigenvalue weighted by Crippen LogP contribution is 2.29. The van der Waals surface area contributed by atoms with Gasteiger partial charge in [0.05, 0.1) is 0 Å². The Labute approximate surface area is 111 Å². The first-order chi connectivity index (χ1) is 8.04. The number of imidazole rings is 1. The average molecular weight is 266 g/mol. The number of rotatable bonds is 4. The fourth-order valence-electron chi connectivity index (χ4n) is 2.03. The van der Waals surface area contributed by atoms with E-state index in [1.165, 1.54) is 10.6 Å². The van der Waals surface area contributed by atoms with Gasteiger partial charge in [-0.2, -0.15) is 0 Å². The smallest absolute Gasteiger partial charge is 0.177 e. The van der Waals surface area contributed by atoms with Crippen molar-refractivity contribution in [1.29, 1.82) is 0 Å². The van der Waals surface area contributed by atoms with Crippen LogP contribution in [0.15, 0.2) is 23.7 Å². The van der Waals surface area contributed by atoms with Crippen molar-refractivity contribution in [2.75, 3.05) is 0 Å². The predicted octanol–water partition coefficient (Wildman–Crippen LogP) is 4.15. The topological polar surface area (TPSA) is 20.7 Å². The maximum atomic E-state index is 5.35. The van der Waals surface area contributed by atoms with E-state index in [9.17, 15) is 0 Å². The maximum Gasteiger partial charge on any atom is 0.177 e. The molecule has 2 nitrogen and oxygen atoms in total. The summed E-state index contributed by atoms with van der Waals surface area (Å²) in [5.74, 6) is 0. The molecular weight excluding hydrogens is 248 g/mol. The van der Waals surface area contributed by atoms with E-state index in [0.29, 0.717) is 0 Å². The van der Waals surface area contributed by atoms with Crippen LogP contribution in [0.4, 0.5) is 0 Å². The fourth-order valence-corrected chi connectivity index (χ4v) is 3.12. The number of aromatic amines is 1. The Bertz CT molecular complexity index is 532. The van der Waals surface area contributed by atoms with Gasteiger partial charge in [0.15, 0.2) is 4.77 Å². The molecule has 0 saturated heterocycles. The second-order valence-corrected chi connectivity index (χ2v) is 6.22. The third kappa shape index (κ3) is 2.53. The molecule has 92 valence electrons. The summed E-state index contributed by atoms with van der Waals surface area (Å²) in [6, 6.07) is 4.31. The van der Waals surface area contributed by atoms with Gasteiger partial charge < -0.3 is 9.55 Å². The van der Waals surface area contributed by atoms with Gasteiger partial charge in [0.2, 0.25) is 0 Å². The van der Waals surface area contributed by atoms with E-state index in [4.69, 9.17) is 12.2 Å². The van der Waals surface area contributed by atoms with Gasteiger partial charge in [-0.25, -0.2) is 0 Å². The van der Waals surface area contributed by atoms with E-state index in [1.807, 2.05) is 17.5 Å². The van der Waals surface area contributed by atoms with Crippen LogP contribution in [-0.4, -0.2) is 9.55 Å². The molecule has 0 aliphatic carbocycles. The van der Waals surface area contributed by atoms with Gasteiger partial charge in [-0.1, -0.05) is 26.8 Å². The predicted molar refractivity (Wildman–Crippen MR) is 76.3 cm³/mol. The fraction of sp³-hybridized carbons (Fsp3) is 0.462. The van der Waals surface area contributed by atoms with Crippen molar-refractivity contribution < 1.29 is 0 Å². The molecule has 0 aromatic carbocycles. The number of nitrogens with zero attached hydrogens (tertiary/aromatic N) is 1. The molecule has 0 amide bonds. The second kappa shape index (κ2) is 4.78. The summed E-state index contributed by atoms with van der Waals surface area (Å²) in [4.78, 5) is 4.54. The molecule has 0 atom stereocenters. The van der Waals surface area contributed by atoms with Gasteiger partial charge in [-0.05, 0) is 30.1 Å². The van der Waals surface area contributed by atoms with E-state index in [1.54, 1.807) is 0 Å². The molecule has 1 N–H and O–H groups in total. The van der Waals surface area contributed by atoms with Crippen LogP contribution >= 0.6 is 23.6 Å². The van der Waals surface area contributed by atoms with Crippen LogP contribution in [0.3, 0.4) is 0 Å². The number of hydrogen-bond donors (Lipinski definition) is 1. The Kier molecular flexibility index (Phi) is 3.54. The Balaban J connectivity index is 2.32. The van der Waals surface area contributed by atoms with Crippen LogP contribution in [-0.2, 0) is 18.4 Å². The first kappa shape index (κ1) is 12.6. The summed E-state index contributed by atoms with van der Waals surface area (Å²) in [5, 5.41) is 2.13. The molecule has 0 unspecified atom stereocenters. The first-order valence-electron chi connectivity index (χ1n) is 5.85. The Morgan fingerprint density at radius 2 is 2.24 bits per heavy atom. The number of aromatic nitrogens is 2. The molecule has 0 radical (unpaired) electrons. The summed E-state index contributed by atoms with van der Waals surface area (Å²) in [6.07, 6.45) is 3.03. The number of H-pyrrole nitrogens is 1. The molecule has 0 aliphatic heterocycles. The van der Waals surface area contributed by atoms with Crippen molar-refractivity contribution in [1.82, 2.24) is 9.55 Å². The second-order valence-electron chi connectivity index (χ2n) is 4.89. The molecule has 2 heterocycles. The minimum atomic E-state index is 0.124. The molecule has 0 bridgehead atoms. The van der Waals surface area contributed by atoms with Gasteiger partial charge in [-0.15, -0.1) is 11.3 Å². The lowest BCUT2D eigenvalue weighted by Crippen LogP contribution is -2.24. The van der Waals surface area contributed by atoms with E-state index in [0.717, 1.165) is 17.7 Å². The van der Waals surface area contributed by atoms with Gasteiger partial charge in [0.25, 0.3) is 0 Å². The molecule has 2 aromatic heterocycles. The molecule has 17 heavy (non-hydrogen) atoms. The number of nitrogens with one attached hydrogen (secondary N) is 1. The highest BCUT2D eigenvalue weighted by atomic mass is 32.1. The highest BCUT2D eigenvalue weighted by molar-refractivity contribution is 7.71. The van der Waals surface area contributed by atoms with Crippen molar-refractivity contribution in [3.05, 3.63) is 39.1 Å². The van der Waals surface area contributed by atoms with Crippen LogP contribution in [0.25, 0.3) is 0 Å². The maximum absolute atomic E-state index is 5.35. The van der Waals surface area contributed by atoms with Crippen molar-refractivity contribution in [2.24, 2.45) is 0 Å². The van der Waals surface area contributed by atoms with Gasteiger partial charge in [-0.3, -0.25) is 0 Å². The van der Waals surface area contributed by atoms with Gasteiger partial charge in [0, 0.05) is 28.7 Å². The number of aryl methyl sites for hydroxylation is 1. The summed E-state index contributed by atoms with van der Waals surface area (Å²) in [6.45, 7) is 7.63. The molecular formula is C13H18N2S2. The van der Waals surface area contributed by atoms with E-state index in [2.05, 4.69) is 47.8 Å². The van der Waals surface area contributed by atoms with Crippen molar-refractivity contribution in [3.8, 4) is 0 Å². The zero-order valence-corrected chi connectivity index (χ0v) is 12.1. The van der Waals surface area contributed by atoms with E-state index >= 15 is 0 Å². The Hall–Kier alpha value is -0.870. The summed E-state index contributed by atoms with van der Waals surface area (Å²) in [7, 11) is 0. The zero-order valence-electron chi connectivity index (χ0n) is 10.5. The van der Waals surface area contributed by atoms with E-state index < -0.39 is 0 Å². The monoisotopic (exact) mass is 266 g/mol. The zero-order chi connectivity index (χ0) is 12.5. The average Bonchev–Trinajstić information content (AvgIpc) is 2.90. The molecule has 0 spiro atoms. The Morgan fingerprint density at radius 1 is 1.47 bits per heavy atom. The summed E-state index contributed by atoms with van der Waals surface area (Å²) >= 11 is 7.16. The number of thiophene rings is 1. The van der Waals surface area contributed by atoms with Crippen LogP contribution in [0.5, 0.6) is 0 Å². The minimum absolute atomic E-state index is 0.124. The standard InChI is InChI=1S/C13H18N2S2/c1-4-10-8-14-12(16)15(10)9-13(2,3)11-6-5-7-17-11/h5-8H,4,9H2,1-3H3,(H,14,16).